The van der Waals surface area contributed by atoms with Crippen molar-refractivity contribution in [2.45, 2.75) is 44.6 Å². The number of aliphatic imine (C=N–C) groups is 1. The molecule has 2 N–H and O–H groups in total. The van der Waals surface area contributed by atoms with Crippen molar-refractivity contribution < 1.29 is 13.2 Å². The molecule has 2 aliphatic rings. The van der Waals surface area contributed by atoms with Crippen LogP contribution in [0.2, 0.25) is 0 Å². The van der Waals surface area contributed by atoms with Crippen LogP contribution in [0.25, 0.3) is 0 Å². The van der Waals surface area contributed by atoms with Gasteiger partial charge in [0, 0.05) is 31.2 Å². The Kier molecular flexibility index (Phi) is 6.42. The molecule has 1 aromatic carbocycles. The van der Waals surface area contributed by atoms with Crippen molar-refractivity contribution in [3.8, 4) is 0 Å². The molecule has 0 saturated carbocycles. The first kappa shape index (κ1) is 20.1. The van der Waals surface area contributed by atoms with Crippen molar-refractivity contribution in [2.75, 3.05) is 37.8 Å². The Morgan fingerprint density at radius 1 is 1.30 bits per heavy atom. The third-order valence-corrected chi connectivity index (χ3v) is 7.39. The second kappa shape index (κ2) is 8.61. The number of guanidine groups is 1. The lowest BCUT2D eigenvalue weighted by molar-refractivity contribution is 0.0529. The lowest BCUT2D eigenvalue weighted by Crippen LogP contribution is -2.45. The van der Waals surface area contributed by atoms with Gasteiger partial charge in [0.1, 0.15) is 0 Å². The fraction of sp³-hybridized carbons (Fsp3) is 0.650. The van der Waals surface area contributed by atoms with E-state index in [9.17, 15) is 8.42 Å². The molecule has 7 heteroatoms. The van der Waals surface area contributed by atoms with E-state index in [1.165, 1.54) is 11.1 Å². The molecular weight excluding hydrogens is 362 g/mol. The van der Waals surface area contributed by atoms with E-state index in [1.807, 2.05) is 6.92 Å². The molecule has 3 rings (SSSR count). The number of hydrogen-bond acceptors (Lipinski definition) is 4. The SMILES string of the molecule is CCNC(=NCC1(c2ccccc2C)CCOCC1)NC1CCS(=O)(=O)C1. The van der Waals surface area contributed by atoms with Gasteiger partial charge in [0.05, 0.1) is 18.1 Å². The molecule has 0 spiro atoms. The summed E-state index contributed by atoms with van der Waals surface area (Å²) in [5.74, 6) is 1.15. The average molecular weight is 394 g/mol. The molecule has 0 radical (unpaired) electrons. The monoisotopic (exact) mass is 393 g/mol. The van der Waals surface area contributed by atoms with E-state index >= 15 is 0 Å². The molecular formula is C20H31N3O3S. The maximum atomic E-state index is 11.7. The van der Waals surface area contributed by atoms with E-state index in [4.69, 9.17) is 9.73 Å². The third-order valence-electron chi connectivity index (χ3n) is 5.62. The second-order valence-electron chi connectivity index (χ2n) is 7.65. The minimum atomic E-state index is -2.91. The number of aryl methyl sites for hydroxylation is 1. The van der Waals surface area contributed by atoms with E-state index < -0.39 is 9.84 Å². The van der Waals surface area contributed by atoms with Crippen LogP contribution in [-0.4, -0.2) is 58.2 Å². The molecule has 1 unspecified atom stereocenters. The molecule has 1 aromatic rings. The number of nitrogens with zero attached hydrogens (tertiary/aromatic N) is 1. The predicted octanol–water partition coefficient (Wildman–Crippen LogP) is 1.79. The normalized spacial score (nSPS) is 24.5. The van der Waals surface area contributed by atoms with Gasteiger partial charge in [-0.1, -0.05) is 24.3 Å². The summed E-state index contributed by atoms with van der Waals surface area (Å²) < 4.78 is 29.1. The van der Waals surface area contributed by atoms with Crippen LogP contribution < -0.4 is 10.6 Å². The highest BCUT2D eigenvalue weighted by molar-refractivity contribution is 7.91. The minimum absolute atomic E-state index is 0.0340. The van der Waals surface area contributed by atoms with Crippen LogP contribution in [0.3, 0.4) is 0 Å². The summed E-state index contributed by atoms with van der Waals surface area (Å²) in [5.41, 5.74) is 2.60. The van der Waals surface area contributed by atoms with Crippen molar-refractivity contribution in [3.63, 3.8) is 0 Å². The fourth-order valence-corrected chi connectivity index (χ4v) is 5.77. The van der Waals surface area contributed by atoms with Crippen molar-refractivity contribution in [1.82, 2.24) is 10.6 Å². The molecule has 150 valence electrons. The van der Waals surface area contributed by atoms with Crippen molar-refractivity contribution in [3.05, 3.63) is 35.4 Å². The van der Waals surface area contributed by atoms with Crippen molar-refractivity contribution >= 4 is 15.8 Å². The van der Waals surface area contributed by atoms with Gasteiger partial charge >= 0.3 is 0 Å². The van der Waals surface area contributed by atoms with Crippen molar-refractivity contribution in [1.29, 1.82) is 0 Å². The Hall–Kier alpha value is -1.60. The topological polar surface area (TPSA) is 79.8 Å². The molecule has 0 aliphatic carbocycles. The third kappa shape index (κ3) is 5.02. The Morgan fingerprint density at radius 2 is 2.04 bits per heavy atom. The summed E-state index contributed by atoms with van der Waals surface area (Å²) >= 11 is 0. The predicted molar refractivity (Wildman–Crippen MR) is 109 cm³/mol. The molecule has 1 atom stereocenters. The first-order valence-electron chi connectivity index (χ1n) is 9.83. The molecule has 2 fully saturated rings. The maximum absolute atomic E-state index is 11.7. The second-order valence-corrected chi connectivity index (χ2v) is 9.88. The van der Waals surface area contributed by atoms with Crippen LogP contribution in [0.15, 0.2) is 29.3 Å². The largest absolute Gasteiger partial charge is 0.381 e. The van der Waals surface area contributed by atoms with E-state index in [0.29, 0.717) is 18.9 Å². The molecule has 0 bridgehead atoms. The van der Waals surface area contributed by atoms with Crippen LogP contribution in [-0.2, 0) is 20.0 Å². The van der Waals surface area contributed by atoms with Crippen LogP contribution in [0, 0.1) is 6.92 Å². The molecule has 0 aromatic heterocycles. The Labute approximate surface area is 162 Å². The van der Waals surface area contributed by atoms with Gasteiger partial charge in [-0.15, -0.1) is 0 Å². The molecule has 0 amide bonds. The van der Waals surface area contributed by atoms with Gasteiger partial charge in [0.15, 0.2) is 15.8 Å². The number of ether oxygens (including phenoxy) is 1. The van der Waals surface area contributed by atoms with Gasteiger partial charge in [-0.05, 0) is 44.2 Å². The average Bonchev–Trinajstić information content (AvgIpc) is 2.99. The minimum Gasteiger partial charge on any atom is -0.381 e. The summed E-state index contributed by atoms with van der Waals surface area (Å²) in [5, 5.41) is 6.60. The van der Waals surface area contributed by atoms with Crippen LogP contribution in [0.4, 0.5) is 0 Å². The summed E-state index contributed by atoms with van der Waals surface area (Å²) in [6.07, 6.45) is 2.53. The Morgan fingerprint density at radius 3 is 2.67 bits per heavy atom. The van der Waals surface area contributed by atoms with Gasteiger partial charge in [0.25, 0.3) is 0 Å². The lowest BCUT2D eigenvalue weighted by atomic mass is 9.72. The van der Waals surface area contributed by atoms with Gasteiger partial charge in [-0.25, -0.2) is 8.42 Å². The number of nitrogens with one attached hydrogen (secondary N) is 2. The highest BCUT2D eigenvalue weighted by Crippen LogP contribution is 2.37. The highest BCUT2D eigenvalue weighted by atomic mass is 32.2. The van der Waals surface area contributed by atoms with Crippen molar-refractivity contribution in [2.24, 2.45) is 4.99 Å². The zero-order valence-electron chi connectivity index (χ0n) is 16.3. The van der Waals surface area contributed by atoms with E-state index in [1.54, 1.807) is 0 Å². The number of rotatable bonds is 5. The smallest absolute Gasteiger partial charge is 0.191 e. The summed E-state index contributed by atoms with van der Waals surface area (Å²) in [6, 6.07) is 8.47. The van der Waals surface area contributed by atoms with E-state index in [-0.39, 0.29) is 23.0 Å². The number of benzene rings is 1. The maximum Gasteiger partial charge on any atom is 0.191 e. The molecule has 2 aliphatic heterocycles. The van der Waals surface area contributed by atoms with Gasteiger partial charge in [-0.3, -0.25) is 4.99 Å². The zero-order chi connectivity index (χ0) is 19.3. The first-order chi connectivity index (χ1) is 12.9. The number of sulfone groups is 1. The van der Waals surface area contributed by atoms with E-state index in [2.05, 4.69) is 41.8 Å². The van der Waals surface area contributed by atoms with Crippen LogP contribution in [0.1, 0.15) is 37.3 Å². The van der Waals surface area contributed by atoms with E-state index in [0.717, 1.165) is 32.6 Å². The fourth-order valence-electron chi connectivity index (χ4n) is 4.10. The van der Waals surface area contributed by atoms with Gasteiger partial charge in [-0.2, -0.15) is 0 Å². The lowest BCUT2D eigenvalue weighted by Gasteiger charge is -2.37. The Balaban J connectivity index is 1.80. The molecule has 2 heterocycles. The summed E-state index contributed by atoms with van der Waals surface area (Å²) in [6.45, 7) is 7.07. The summed E-state index contributed by atoms with van der Waals surface area (Å²) in [4.78, 5) is 4.88. The van der Waals surface area contributed by atoms with Gasteiger partial charge in [0.2, 0.25) is 0 Å². The molecule has 2 saturated heterocycles. The Bertz CT molecular complexity index is 770. The quantitative estimate of drug-likeness (QED) is 0.589. The standard InChI is InChI=1S/C20H31N3O3S/c1-3-21-19(23-17-8-13-27(24,25)14-17)22-15-20(9-11-26-12-10-20)18-7-5-4-6-16(18)2/h4-7,17H,3,8-15H2,1-2H3,(H2,21,22,23). The molecule has 27 heavy (non-hydrogen) atoms. The van der Waals surface area contributed by atoms with Crippen LogP contribution >= 0.6 is 0 Å². The summed E-state index contributed by atoms with van der Waals surface area (Å²) in [7, 11) is -2.91. The zero-order valence-corrected chi connectivity index (χ0v) is 17.1. The highest BCUT2D eigenvalue weighted by Gasteiger charge is 2.36. The number of hydrogen-bond donors (Lipinski definition) is 2. The molecule has 6 nitrogen and oxygen atoms in total. The first-order valence-corrected chi connectivity index (χ1v) is 11.7. The van der Waals surface area contributed by atoms with Crippen LogP contribution in [0.5, 0.6) is 0 Å². The van der Waals surface area contributed by atoms with Gasteiger partial charge < -0.3 is 15.4 Å².